The molecule has 2 aromatic heterocycles. The van der Waals surface area contributed by atoms with E-state index < -0.39 is 5.69 Å². The highest BCUT2D eigenvalue weighted by Gasteiger charge is 2.29. The van der Waals surface area contributed by atoms with Crippen LogP contribution in [0.4, 0.5) is 11.6 Å². The van der Waals surface area contributed by atoms with Crippen molar-refractivity contribution in [1.82, 2.24) is 18.7 Å². The molecule has 0 radical (unpaired) electrons. The second-order valence-electron chi connectivity index (χ2n) is 7.42. The molecule has 8 nitrogen and oxygen atoms in total. The van der Waals surface area contributed by atoms with Crippen LogP contribution in [0.2, 0.25) is 5.02 Å². The van der Waals surface area contributed by atoms with E-state index in [0.29, 0.717) is 41.0 Å². The molecule has 0 saturated carbocycles. The standard InChI is InChI=1S/C22H20ClN5O3/c1-25-19-18(20(29)28(22(25)30)13-14-6-4-3-5-7-14)27-11-10-26(21(27)24-19)15-8-9-17(31-2)16(23)12-15/h3-9,12H,10-11,13H2,1-2H3. The van der Waals surface area contributed by atoms with Gasteiger partial charge in [-0.15, -0.1) is 0 Å². The molecule has 0 bridgehead atoms. The van der Waals surface area contributed by atoms with Crippen LogP contribution < -0.4 is 20.9 Å². The minimum Gasteiger partial charge on any atom is -0.495 e. The van der Waals surface area contributed by atoms with Gasteiger partial charge in [-0.25, -0.2) is 4.79 Å². The van der Waals surface area contributed by atoms with Crippen molar-refractivity contribution >= 4 is 34.4 Å². The first kappa shape index (κ1) is 19.4. The molecule has 3 heterocycles. The molecular weight excluding hydrogens is 418 g/mol. The summed E-state index contributed by atoms with van der Waals surface area (Å²) in [5, 5.41) is 0.493. The zero-order valence-corrected chi connectivity index (χ0v) is 17.8. The fraction of sp³-hybridized carbons (Fsp3) is 0.227. The Bertz CT molecular complexity index is 1420. The van der Waals surface area contributed by atoms with Gasteiger partial charge >= 0.3 is 5.69 Å². The molecule has 0 spiro atoms. The van der Waals surface area contributed by atoms with Gasteiger partial charge in [0.25, 0.3) is 5.56 Å². The zero-order valence-electron chi connectivity index (χ0n) is 17.1. The predicted molar refractivity (Wildman–Crippen MR) is 120 cm³/mol. The number of rotatable bonds is 4. The van der Waals surface area contributed by atoms with Gasteiger partial charge in [0.15, 0.2) is 11.2 Å². The van der Waals surface area contributed by atoms with Crippen molar-refractivity contribution in [1.29, 1.82) is 0 Å². The SMILES string of the molecule is COc1ccc(N2CCn3c2nc2c3c(=O)n(Cc3ccccc3)c(=O)n2C)cc1Cl. The third-order valence-corrected chi connectivity index (χ3v) is 5.93. The van der Waals surface area contributed by atoms with Gasteiger partial charge in [-0.3, -0.25) is 13.9 Å². The minimum atomic E-state index is -0.392. The number of benzene rings is 2. The summed E-state index contributed by atoms with van der Waals surface area (Å²) in [6.07, 6.45) is 0. The van der Waals surface area contributed by atoms with Gasteiger partial charge in [0, 0.05) is 25.8 Å². The maximum absolute atomic E-state index is 13.3. The Kier molecular flexibility index (Phi) is 4.59. The van der Waals surface area contributed by atoms with E-state index in [2.05, 4.69) is 4.98 Å². The summed E-state index contributed by atoms with van der Waals surface area (Å²) in [5.74, 6) is 1.20. The maximum Gasteiger partial charge on any atom is 0.332 e. The van der Waals surface area contributed by atoms with Crippen molar-refractivity contribution in [3.8, 4) is 5.75 Å². The average Bonchev–Trinajstić information content (AvgIpc) is 3.35. The van der Waals surface area contributed by atoms with E-state index in [0.717, 1.165) is 11.3 Å². The van der Waals surface area contributed by atoms with E-state index in [1.54, 1.807) is 20.2 Å². The summed E-state index contributed by atoms with van der Waals surface area (Å²) in [6.45, 7) is 1.43. The Labute approximate surface area is 182 Å². The number of fused-ring (bicyclic) bond motifs is 3. The molecule has 9 heteroatoms. The summed E-state index contributed by atoms with van der Waals surface area (Å²) < 4.78 is 9.80. The lowest BCUT2D eigenvalue weighted by Crippen LogP contribution is -2.40. The Morgan fingerprint density at radius 2 is 1.87 bits per heavy atom. The molecule has 0 amide bonds. The fourth-order valence-corrected chi connectivity index (χ4v) is 4.30. The first-order valence-electron chi connectivity index (χ1n) is 9.84. The number of ether oxygens (including phenoxy) is 1. The Hall–Kier alpha value is -3.52. The van der Waals surface area contributed by atoms with Crippen molar-refractivity contribution in [2.24, 2.45) is 7.05 Å². The highest BCUT2D eigenvalue weighted by Crippen LogP contribution is 2.35. The van der Waals surface area contributed by atoms with Gasteiger partial charge in [0.05, 0.1) is 18.7 Å². The quantitative estimate of drug-likeness (QED) is 0.491. The van der Waals surface area contributed by atoms with Crippen LogP contribution in [0, 0.1) is 0 Å². The van der Waals surface area contributed by atoms with Gasteiger partial charge < -0.3 is 14.2 Å². The van der Waals surface area contributed by atoms with Gasteiger partial charge in [0.1, 0.15) is 5.75 Å². The number of imidazole rings is 1. The molecular formula is C22H20ClN5O3. The molecule has 4 aromatic rings. The molecule has 1 aliphatic heterocycles. The lowest BCUT2D eigenvalue weighted by atomic mass is 10.2. The maximum atomic E-state index is 13.3. The molecule has 2 aromatic carbocycles. The number of hydrogen-bond acceptors (Lipinski definition) is 5. The Morgan fingerprint density at radius 3 is 2.58 bits per heavy atom. The minimum absolute atomic E-state index is 0.209. The molecule has 158 valence electrons. The molecule has 5 rings (SSSR count). The molecule has 0 aliphatic carbocycles. The predicted octanol–water partition coefficient (Wildman–Crippen LogP) is 2.76. The molecule has 0 fully saturated rings. The van der Waals surface area contributed by atoms with E-state index >= 15 is 0 Å². The van der Waals surface area contributed by atoms with Crippen molar-refractivity contribution in [2.75, 3.05) is 18.6 Å². The number of hydrogen-bond donors (Lipinski definition) is 0. The van der Waals surface area contributed by atoms with Crippen molar-refractivity contribution in [2.45, 2.75) is 13.1 Å². The largest absolute Gasteiger partial charge is 0.495 e. The van der Waals surface area contributed by atoms with Crippen molar-refractivity contribution in [3.63, 3.8) is 0 Å². The molecule has 31 heavy (non-hydrogen) atoms. The molecule has 0 atom stereocenters. The summed E-state index contributed by atoms with van der Waals surface area (Å²) in [4.78, 5) is 32.9. The molecule has 1 aliphatic rings. The summed E-state index contributed by atoms with van der Waals surface area (Å²) in [7, 11) is 3.21. The average molecular weight is 438 g/mol. The topological polar surface area (TPSA) is 74.3 Å². The van der Waals surface area contributed by atoms with Crippen LogP contribution in [-0.4, -0.2) is 32.3 Å². The fourth-order valence-electron chi connectivity index (χ4n) is 4.05. The Morgan fingerprint density at radius 1 is 1.10 bits per heavy atom. The lowest BCUT2D eigenvalue weighted by Gasteiger charge is -2.17. The smallest absolute Gasteiger partial charge is 0.332 e. The highest BCUT2D eigenvalue weighted by atomic mass is 35.5. The van der Waals surface area contributed by atoms with Gasteiger partial charge in [-0.2, -0.15) is 4.98 Å². The first-order chi connectivity index (χ1) is 15.0. The van der Waals surface area contributed by atoms with Gasteiger partial charge in [-0.05, 0) is 23.8 Å². The number of anilines is 2. The van der Waals surface area contributed by atoms with E-state index in [4.69, 9.17) is 16.3 Å². The van der Waals surface area contributed by atoms with Crippen LogP contribution in [0.3, 0.4) is 0 Å². The third-order valence-electron chi connectivity index (χ3n) is 5.63. The Balaban J connectivity index is 1.65. The second kappa shape index (κ2) is 7.31. The molecule has 0 N–H and O–H groups in total. The normalized spacial score (nSPS) is 13.1. The van der Waals surface area contributed by atoms with Crippen molar-refractivity contribution < 1.29 is 4.74 Å². The summed E-state index contributed by atoms with van der Waals surface area (Å²) in [6, 6.07) is 15.0. The number of aryl methyl sites for hydroxylation is 1. The molecule has 0 saturated heterocycles. The van der Waals surface area contributed by atoms with E-state index in [1.807, 2.05) is 51.9 Å². The molecule has 0 unspecified atom stereocenters. The number of nitrogens with zero attached hydrogens (tertiary/aromatic N) is 5. The summed E-state index contributed by atoms with van der Waals surface area (Å²) in [5.41, 5.74) is 1.80. The summed E-state index contributed by atoms with van der Waals surface area (Å²) >= 11 is 6.31. The third kappa shape index (κ3) is 3.02. The van der Waals surface area contributed by atoms with Gasteiger partial charge in [-0.1, -0.05) is 41.9 Å². The van der Waals surface area contributed by atoms with Crippen LogP contribution in [0.1, 0.15) is 5.56 Å². The van der Waals surface area contributed by atoms with Crippen LogP contribution in [0.15, 0.2) is 58.1 Å². The van der Waals surface area contributed by atoms with Crippen LogP contribution in [0.25, 0.3) is 11.2 Å². The van der Waals surface area contributed by atoms with E-state index in [1.165, 1.54) is 9.13 Å². The highest BCUT2D eigenvalue weighted by molar-refractivity contribution is 6.32. The zero-order chi connectivity index (χ0) is 21.7. The number of aromatic nitrogens is 4. The van der Waals surface area contributed by atoms with Crippen LogP contribution >= 0.6 is 11.6 Å². The van der Waals surface area contributed by atoms with E-state index in [9.17, 15) is 9.59 Å². The first-order valence-corrected chi connectivity index (χ1v) is 10.2. The van der Waals surface area contributed by atoms with Crippen molar-refractivity contribution in [3.05, 3.63) is 80.0 Å². The monoisotopic (exact) mass is 437 g/mol. The number of methoxy groups -OCH3 is 1. The van der Waals surface area contributed by atoms with Gasteiger partial charge in [0.2, 0.25) is 5.95 Å². The lowest BCUT2D eigenvalue weighted by molar-refractivity contribution is 0.415. The van der Waals surface area contributed by atoms with E-state index in [-0.39, 0.29) is 12.1 Å². The van der Waals surface area contributed by atoms with Crippen LogP contribution in [0.5, 0.6) is 5.75 Å². The number of halogens is 1. The second-order valence-corrected chi connectivity index (χ2v) is 7.83. The van der Waals surface area contributed by atoms with Crippen LogP contribution in [-0.2, 0) is 20.1 Å².